The van der Waals surface area contributed by atoms with Crippen molar-refractivity contribution in [2.24, 2.45) is 0 Å². The molecule has 52 heavy (non-hydrogen) atoms. The molecule has 0 saturated carbocycles. The second-order valence-corrected chi connectivity index (χ2v) is 11.6. The van der Waals surface area contributed by atoms with Gasteiger partial charge in [0.25, 0.3) is 5.91 Å². The normalized spacial score (nSPS) is 11.9. The average Bonchev–Trinajstić information content (AvgIpc) is 3.77. The van der Waals surface area contributed by atoms with Gasteiger partial charge in [-0.15, -0.1) is 0 Å². The number of hydrogen-bond acceptors (Lipinski definition) is 13. The molecule has 2 heterocycles. The van der Waals surface area contributed by atoms with Crippen LogP contribution in [0.15, 0.2) is 97.1 Å². The number of carboxylic acids is 2. The van der Waals surface area contributed by atoms with E-state index in [0.29, 0.717) is 34.2 Å². The Morgan fingerprint density at radius 1 is 0.692 bits per heavy atom. The molecule has 0 radical (unpaired) electrons. The Bertz CT molecular complexity index is 2360. The fourth-order valence-corrected chi connectivity index (χ4v) is 5.35. The van der Waals surface area contributed by atoms with Crippen LogP contribution in [0.25, 0.3) is 11.4 Å². The molecule has 18 nitrogen and oxygen atoms in total. The van der Waals surface area contributed by atoms with Crippen molar-refractivity contribution < 1.29 is 29.3 Å². The SMILES string of the molecule is O=C(Nc1cccc(-n2[nH]nnc2=S)c1)c1cccc(NC(C(=O)O)C(Nc2cccc(OCNc3cccc(-n4[nH]nnc4=S)c3)c2)C(=O)O)c1. The van der Waals surface area contributed by atoms with E-state index in [-0.39, 0.29) is 27.5 Å². The maximum Gasteiger partial charge on any atom is 0.328 e. The zero-order chi connectivity index (χ0) is 36.6. The summed E-state index contributed by atoms with van der Waals surface area (Å²) in [7, 11) is 0. The zero-order valence-electron chi connectivity index (χ0n) is 26.6. The van der Waals surface area contributed by atoms with E-state index in [4.69, 9.17) is 29.2 Å². The monoisotopic (exact) mass is 740 g/mol. The van der Waals surface area contributed by atoms with Gasteiger partial charge in [-0.3, -0.25) is 4.79 Å². The minimum absolute atomic E-state index is 0.0483. The van der Waals surface area contributed by atoms with E-state index >= 15 is 0 Å². The molecule has 264 valence electrons. The fourth-order valence-electron chi connectivity index (χ4n) is 4.98. The van der Waals surface area contributed by atoms with Gasteiger partial charge in [-0.1, -0.05) is 44.9 Å². The van der Waals surface area contributed by atoms with Crippen molar-refractivity contribution in [3.05, 3.63) is 112 Å². The summed E-state index contributed by atoms with van der Waals surface area (Å²) in [5, 5.41) is 51.8. The molecule has 0 aliphatic heterocycles. The lowest BCUT2D eigenvalue weighted by Crippen LogP contribution is -2.49. The minimum atomic E-state index is -1.66. The van der Waals surface area contributed by atoms with Crippen molar-refractivity contribution in [1.29, 1.82) is 0 Å². The molecule has 0 spiro atoms. The van der Waals surface area contributed by atoms with E-state index in [1.165, 1.54) is 27.6 Å². The summed E-state index contributed by atoms with van der Waals surface area (Å²) < 4.78 is 9.27. The van der Waals surface area contributed by atoms with Crippen molar-refractivity contribution in [3.8, 4) is 17.1 Å². The van der Waals surface area contributed by atoms with Crippen LogP contribution in [0, 0.1) is 9.54 Å². The average molecular weight is 741 g/mol. The molecule has 2 unspecified atom stereocenters. The summed E-state index contributed by atoms with van der Waals surface area (Å²) in [5.74, 6) is -2.98. The molecule has 0 aliphatic carbocycles. The number of nitrogens with one attached hydrogen (secondary N) is 6. The van der Waals surface area contributed by atoms with Gasteiger partial charge in [-0.25, -0.2) is 19.0 Å². The summed E-state index contributed by atoms with van der Waals surface area (Å²) in [6.07, 6.45) is 0. The van der Waals surface area contributed by atoms with Gasteiger partial charge >= 0.3 is 11.9 Å². The highest BCUT2D eigenvalue weighted by molar-refractivity contribution is 7.71. The van der Waals surface area contributed by atoms with Gasteiger partial charge in [0.05, 0.1) is 11.4 Å². The molecule has 0 bridgehead atoms. The summed E-state index contributed by atoms with van der Waals surface area (Å²) in [6.45, 7) is 0.0483. The highest BCUT2D eigenvalue weighted by Crippen LogP contribution is 2.22. The molecule has 1 amide bonds. The number of aromatic nitrogens is 8. The number of carbonyl (C=O) groups is 3. The first-order valence-electron chi connectivity index (χ1n) is 15.2. The number of H-pyrrole nitrogens is 2. The van der Waals surface area contributed by atoms with Gasteiger partial charge in [0.1, 0.15) is 5.75 Å². The number of carboxylic acid groups (broad SMARTS) is 2. The number of hydrogen-bond donors (Lipinski definition) is 8. The molecule has 2 atom stereocenters. The van der Waals surface area contributed by atoms with E-state index in [0.717, 1.165) is 0 Å². The summed E-state index contributed by atoms with van der Waals surface area (Å²) in [6, 6.07) is 23.2. The van der Waals surface area contributed by atoms with Crippen molar-refractivity contribution in [2.45, 2.75) is 12.1 Å². The number of aromatic amines is 2. The molecule has 0 saturated heterocycles. The van der Waals surface area contributed by atoms with E-state index < -0.39 is 29.9 Å². The van der Waals surface area contributed by atoms with Crippen molar-refractivity contribution in [1.82, 2.24) is 40.4 Å². The Balaban J connectivity index is 1.10. The first-order valence-corrected chi connectivity index (χ1v) is 16.0. The number of anilines is 4. The second-order valence-electron chi connectivity index (χ2n) is 10.9. The number of carbonyl (C=O) groups excluding carboxylic acids is 1. The lowest BCUT2D eigenvalue weighted by Gasteiger charge is -2.24. The van der Waals surface area contributed by atoms with E-state index in [1.54, 1.807) is 54.6 Å². The Morgan fingerprint density at radius 3 is 1.79 bits per heavy atom. The summed E-state index contributed by atoms with van der Waals surface area (Å²) in [4.78, 5) is 37.9. The smallest absolute Gasteiger partial charge is 0.328 e. The van der Waals surface area contributed by atoms with Crippen LogP contribution < -0.4 is 26.0 Å². The van der Waals surface area contributed by atoms with E-state index in [1.807, 2.05) is 24.3 Å². The molecule has 0 aliphatic rings. The predicted molar refractivity (Wildman–Crippen MR) is 193 cm³/mol. The second kappa shape index (κ2) is 15.7. The molecule has 6 rings (SSSR count). The Kier molecular flexibility index (Phi) is 10.6. The van der Waals surface area contributed by atoms with E-state index in [9.17, 15) is 24.6 Å². The van der Waals surface area contributed by atoms with Crippen molar-refractivity contribution in [3.63, 3.8) is 0 Å². The molecular formula is C32H28N12O6S2. The third kappa shape index (κ3) is 8.43. The summed E-state index contributed by atoms with van der Waals surface area (Å²) in [5.41, 5.74) is 3.14. The van der Waals surface area contributed by atoms with Crippen LogP contribution in [0.5, 0.6) is 5.75 Å². The van der Waals surface area contributed by atoms with Crippen LogP contribution in [0.1, 0.15) is 10.4 Å². The van der Waals surface area contributed by atoms with Crippen LogP contribution in [0.2, 0.25) is 0 Å². The molecule has 0 fully saturated rings. The topological polar surface area (TPSA) is 242 Å². The van der Waals surface area contributed by atoms with Crippen LogP contribution in [-0.2, 0) is 9.59 Å². The predicted octanol–water partition coefficient (Wildman–Crippen LogP) is 4.09. The molecular weight excluding hydrogens is 713 g/mol. The van der Waals surface area contributed by atoms with Gasteiger partial charge in [0.2, 0.25) is 9.54 Å². The lowest BCUT2D eigenvalue weighted by atomic mass is 10.1. The van der Waals surface area contributed by atoms with Gasteiger partial charge in [-0.2, -0.15) is 10.4 Å². The molecule has 2 aromatic heterocycles. The first-order chi connectivity index (χ1) is 25.1. The molecule has 20 heteroatoms. The largest absolute Gasteiger partial charge is 0.480 e. The number of ether oxygens (including phenoxy) is 1. The number of nitrogens with zero attached hydrogens (tertiary/aromatic N) is 6. The lowest BCUT2D eigenvalue weighted by molar-refractivity contribution is -0.145. The Hall–Kier alpha value is -6.93. The highest BCUT2D eigenvalue weighted by atomic mass is 32.1. The number of aliphatic carboxylic acids is 2. The van der Waals surface area contributed by atoms with Crippen LogP contribution in [-0.4, -0.2) is 87.3 Å². The van der Waals surface area contributed by atoms with Crippen molar-refractivity contribution >= 4 is 65.0 Å². The van der Waals surface area contributed by atoms with Crippen molar-refractivity contribution in [2.75, 3.05) is 28.0 Å². The maximum atomic E-state index is 13.1. The van der Waals surface area contributed by atoms with Gasteiger partial charge in [0.15, 0.2) is 18.8 Å². The van der Waals surface area contributed by atoms with Crippen LogP contribution in [0.3, 0.4) is 0 Å². The highest BCUT2D eigenvalue weighted by Gasteiger charge is 2.34. The Labute approximate surface area is 303 Å². The van der Waals surface area contributed by atoms with Gasteiger partial charge < -0.3 is 36.2 Å². The quantitative estimate of drug-likeness (QED) is 0.0546. The third-order valence-electron chi connectivity index (χ3n) is 7.39. The van der Waals surface area contributed by atoms with Crippen LogP contribution in [0.4, 0.5) is 22.7 Å². The number of tetrazole rings is 2. The van der Waals surface area contributed by atoms with Gasteiger partial charge in [-0.05, 0) is 91.2 Å². The molecule has 8 N–H and O–H groups in total. The number of amides is 1. The maximum absolute atomic E-state index is 13.1. The standard InChI is InChI=1S/C32H28N12O6S2/c45-28(36-21-8-3-11-24(15-21)44-32(52)38-40-42-44)18-5-1-7-20(13-18)34-26(29(46)47)27(30(48)49)35-22-9-4-12-25(16-22)50-17-33-19-6-2-10-23(14-19)43-31(51)37-39-41-43/h1-16,26-27,33-35H,17H2,(H,36,45)(H,46,47)(H,48,49)(H,37,41,51)(H,38,42,52). The minimum Gasteiger partial charge on any atom is -0.480 e. The van der Waals surface area contributed by atoms with E-state index in [2.05, 4.69) is 52.3 Å². The Morgan fingerprint density at radius 2 is 1.21 bits per heavy atom. The number of rotatable bonds is 15. The molecule has 4 aromatic carbocycles. The van der Waals surface area contributed by atoms with Gasteiger partial charge in [0, 0.05) is 34.4 Å². The molecule has 6 aromatic rings. The number of benzene rings is 4. The zero-order valence-corrected chi connectivity index (χ0v) is 28.3. The summed E-state index contributed by atoms with van der Waals surface area (Å²) >= 11 is 10.3. The fraction of sp³-hybridized carbons (Fsp3) is 0.0938. The third-order valence-corrected chi connectivity index (χ3v) is 7.92. The first kappa shape index (κ1) is 34.9. The van der Waals surface area contributed by atoms with Crippen LogP contribution >= 0.6 is 24.4 Å².